The molecule has 0 aliphatic carbocycles. The molecule has 1 aliphatic rings. The predicted molar refractivity (Wildman–Crippen MR) is 128 cm³/mol. The molecule has 1 fully saturated rings. The van der Waals surface area contributed by atoms with E-state index in [9.17, 15) is 9.59 Å². The van der Waals surface area contributed by atoms with Crippen molar-refractivity contribution in [3.63, 3.8) is 0 Å². The molecule has 1 aliphatic heterocycles. The zero-order valence-corrected chi connectivity index (χ0v) is 19.1. The number of piperidine rings is 1. The molecule has 1 N–H and O–H groups in total. The van der Waals surface area contributed by atoms with Gasteiger partial charge in [-0.1, -0.05) is 30.3 Å². The number of rotatable bonds is 6. The minimum atomic E-state index is -0.190. The number of likely N-dealkylation sites (tertiary alicyclic amines) is 1. The van der Waals surface area contributed by atoms with Gasteiger partial charge >= 0.3 is 0 Å². The lowest BCUT2D eigenvalue weighted by molar-refractivity contribution is -0.126. The molecule has 174 valence electrons. The fourth-order valence-corrected chi connectivity index (χ4v) is 4.51. The van der Waals surface area contributed by atoms with Crippen molar-refractivity contribution in [3.05, 3.63) is 72.3 Å². The zero-order valence-electron chi connectivity index (χ0n) is 19.1. The molecule has 2 amide bonds. The third kappa shape index (κ3) is 4.31. The number of amides is 2. The van der Waals surface area contributed by atoms with Crippen molar-refractivity contribution in [2.45, 2.75) is 26.3 Å². The lowest BCUT2D eigenvalue weighted by Gasteiger charge is -2.32. The molecule has 1 unspecified atom stereocenters. The molecule has 3 aromatic heterocycles. The maximum Gasteiger partial charge on any atom is 0.254 e. The molecular weight excluding hydrogens is 430 g/mol. The molecule has 0 radical (unpaired) electrons. The van der Waals surface area contributed by atoms with Crippen molar-refractivity contribution in [1.29, 1.82) is 0 Å². The molecule has 8 heteroatoms. The summed E-state index contributed by atoms with van der Waals surface area (Å²) in [6, 6.07) is 15.4. The molecule has 5 rings (SSSR count). The van der Waals surface area contributed by atoms with Crippen LogP contribution in [-0.4, -0.2) is 51.1 Å². The van der Waals surface area contributed by atoms with Crippen LogP contribution in [0.4, 0.5) is 0 Å². The van der Waals surface area contributed by atoms with Crippen molar-refractivity contribution in [3.8, 4) is 11.3 Å². The van der Waals surface area contributed by atoms with Gasteiger partial charge in [0.25, 0.3) is 5.91 Å². The molecule has 1 atom stereocenters. The minimum Gasteiger partial charge on any atom is -0.467 e. The van der Waals surface area contributed by atoms with Gasteiger partial charge in [0.1, 0.15) is 12.3 Å². The first-order valence-corrected chi connectivity index (χ1v) is 11.7. The lowest BCUT2D eigenvalue weighted by atomic mass is 9.96. The van der Waals surface area contributed by atoms with Crippen LogP contribution in [0.1, 0.15) is 35.9 Å². The van der Waals surface area contributed by atoms with E-state index in [2.05, 4.69) is 10.4 Å². The van der Waals surface area contributed by atoms with E-state index >= 15 is 0 Å². The van der Waals surface area contributed by atoms with E-state index in [0.717, 1.165) is 24.2 Å². The predicted octanol–water partition coefficient (Wildman–Crippen LogP) is 3.73. The maximum absolute atomic E-state index is 13.8. The number of benzene rings is 1. The molecule has 1 saturated heterocycles. The highest BCUT2D eigenvalue weighted by Crippen LogP contribution is 2.28. The van der Waals surface area contributed by atoms with Gasteiger partial charge < -0.3 is 14.6 Å². The Morgan fingerprint density at radius 1 is 1.18 bits per heavy atom. The zero-order chi connectivity index (χ0) is 23.5. The normalized spacial score (nSPS) is 16.0. The van der Waals surface area contributed by atoms with Gasteiger partial charge in [-0.25, -0.2) is 9.67 Å². The van der Waals surface area contributed by atoms with E-state index in [0.29, 0.717) is 48.5 Å². The summed E-state index contributed by atoms with van der Waals surface area (Å²) in [7, 11) is 0. The van der Waals surface area contributed by atoms with Crippen LogP contribution in [0.3, 0.4) is 0 Å². The topological polar surface area (TPSA) is 93.3 Å². The van der Waals surface area contributed by atoms with Crippen LogP contribution in [0.25, 0.3) is 22.3 Å². The van der Waals surface area contributed by atoms with Crippen molar-refractivity contribution < 1.29 is 14.0 Å². The summed E-state index contributed by atoms with van der Waals surface area (Å²) in [6.45, 7) is 3.94. The number of carbonyl (C=O) groups is 2. The molecule has 4 heterocycles. The smallest absolute Gasteiger partial charge is 0.254 e. The monoisotopic (exact) mass is 457 g/mol. The first-order chi connectivity index (χ1) is 16.6. The first kappa shape index (κ1) is 21.9. The van der Waals surface area contributed by atoms with Crippen molar-refractivity contribution >= 4 is 22.8 Å². The van der Waals surface area contributed by atoms with E-state index in [4.69, 9.17) is 9.40 Å². The van der Waals surface area contributed by atoms with Gasteiger partial charge in [-0.05, 0) is 38.0 Å². The van der Waals surface area contributed by atoms with Gasteiger partial charge in [-0.3, -0.25) is 9.59 Å². The summed E-state index contributed by atoms with van der Waals surface area (Å²) in [5, 5.41) is 8.10. The van der Waals surface area contributed by atoms with Gasteiger partial charge in [-0.2, -0.15) is 5.10 Å². The summed E-state index contributed by atoms with van der Waals surface area (Å²) in [5.74, 6) is 0.475. The number of pyridine rings is 1. The summed E-state index contributed by atoms with van der Waals surface area (Å²) in [5.41, 5.74) is 2.79. The summed E-state index contributed by atoms with van der Waals surface area (Å²) < 4.78 is 7.25. The van der Waals surface area contributed by atoms with E-state index in [1.54, 1.807) is 22.0 Å². The Balaban J connectivity index is 1.54. The third-order valence-corrected chi connectivity index (χ3v) is 6.23. The Morgan fingerprint density at radius 2 is 2.03 bits per heavy atom. The lowest BCUT2D eigenvalue weighted by Crippen LogP contribution is -2.45. The highest BCUT2D eigenvalue weighted by molar-refractivity contribution is 6.06. The Morgan fingerprint density at radius 3 is 2.79 bits per heavy atom. The van der Waals surface area contributed by atoms with Crippen LogP contribution in [0, 0.1) is 5.92 Å². The van der Waals surface area contributed by atoms with Gasteiger partial charge in [0, 0.05) is 25.2 Å². The second-order valence-electron chi connectivity index (χ2n) is 8.52. The van der Waals surface area contributed by atoms with E-state index in [1.165, 1.54) is 0 Å². The fourth-order valence-electron chi connectivity index (χ4n) is 4.51. The van der Waals surface area contributed by atoms with Crippen molar-refractivity contribution in [1.82, 2.24) is 25.0 Å². The second kappa shape index (κ2) is 9.51. The average Bonchev–Trinajstić information content (AvgIpc) is 3.54. The van der Waals surface area contributed by atoms with Crippen LogP contribution < -0.4 is 5.32 Å². The van der Waals surface area contributed by atoms with Gasteiger partial charge in [0.05, 0.1) is 35.0 Å². The molecule has 0 bridgehead atoms. The third-order valence-electron chi connectivity index (χ3n) is 6.23. The summed E-state index contributed by atoms with van der Waals surface area (Å²) >= 11 is 0. The molecular formula is C26H27N5O3. The number of nitrogens with zero attached hydrogens (tertiary/aromatic N) is 4. The van der Waals surface area contributed by atoms with Gasteiger partial charge in [0.15, 0.2) is 5.65 Å². The van der Waals surface area contributed by atoms with Crippen molar-refractivity contribution in [2.24, 2.45) is 5.92 Å². The second-order valence-corrected chi connectivity index (χ2v) is 8.52. The number of hydrogen-bond acceptors (Lipinski definition) is 5. The number of fused-ring (bicyclic) bond motifs is 1. The van der Waals surface area contributed by atoms with Gasteiger partial charge in [0.2, 0.25) is 5.91 Å². The number of hydrogen-bond donors (Lipinski definition) is 1. The molecule has 1 aromatic carbocycles. The van der Waals surface area contributed by atoms with Crippen molar-refractivity contribution in [2.75, 3.05) is 19.6 Å². The number of aromatic nitrogens is 3. The molecule has 8 nitrogen and oxygen atoms in total. The SMILES string of the molecule is CCNC(=O)C1CCCN(C(=O)c2cc(-c3ccccc3)nc3c2cnn3Cc2ccco2)C1. The van der Waals surface area contributed by atoms with Gasteiger partial charge in [-0.15, -0.1) is 0 Å². The number of carbonyl (C=O) groups excluding carboxylic acids is 2. The molecule has 4 aromatic rings. The highest BCUT2D eigenvalue weighted by Gasteiger charge is 2.30. The highest BCUT2D eigenvalue weighted by atomic mass is 16.3. The molecule has 34 heavy (non-hydrogen) atoms. The van der Waals surface area contributed by atoms with Crippen LogP contribution >= 0.6 is 0 Å². The average molecular weight is 458 g/mol. The quantitative estimate of drug-likeness (QED) is 0.476. The van der Waals surface area contributed by atoms with Crippen LogP contribution in [0.2, 0.25) is 0 Å². The Bertz CT molecular complexity index is 1300. The fraction of sp³-hybridized carbons (Fsp3) is 0.308. The van der Waals surface area contributed by atoms with E-state index in [1.807, 2.05) is 55.5 Å². The number of nitrogens with one attached hydrogen (secondary N) is 1. The Kier molecular flexibility index (Phi) is 6.12. The first-order valence-electron chi connectivity index (χ1n) is 11.7. The van der Waals surface area contributed by atoms with E-state index < -0.39 is 0 Å². The Hall–Kier alpha value is -3.94. The maximum atomic E-state index is 13.8. The van der Waals surface area contributed by atoms with E-state index in [-0.39, 0.29) is 17.7 Å². The minimum absolute atomic E-state index is 0.0103. The molecule has 0 saturated carbocycles. The van der Waals surface area contributed by atoms with Crippen LogP contribution in [0.15, 0.2) is 65.4 Å². The van der Waals surface area contributed by atoms with Crippen LogP contribution in [-0.2, 0) is 11.3 Å². The molecule has 0 spiro atoms. The summed E-state index contributed by atoms with van der Waals surface area (Å²) in [4.78, 5) is 32.8. The summed E-state index contributed by atoms with van der Waals surface area (Å²) in [6.07, 6.45) is 4.90. The Labute approximate surface area is 197 Å². The van der Waals surface area contributed by atoms with Crippen LogP contribution in [0.5, 0.6) is 0 Å². The largest absolute Gasteiger partial charge is 0.467 e. The standard InChI is InChI=1S/C26H27N5O3/c1-2-27-25(32)19-10-6-12-30(16-19)26(33)21-14-23(18-8-4-3-5-9-18)29-24-22(21)15-28-31(24)17-20-11-7-13-34-20/h3-5,7-9,11,13-15,19H,2,6,10,12,16-17H2,1H3,(H,27,32). The number of furan rings is 1.